The Labute approximate surface area is 202 Å². The fourth-order valence-electron chi connectivity index (χ4n) is 3.55. The Morgan fingerprint density at radius 3 is 2.68 bits per heavy atom. The van der Waals surface area contributed by atoms with Gasteiger partial charge in [0.05, 0.1) is 18.6 Å². The van der Waals surface area contributed by atoms with Crippen molar-refractivity contribution in [3.8, 4) is 28.5 Å². The average Bonchev–Trinajstić information content (AvgIpc) is 3.45. The highest BCUT2D eigenvalue weighted by molar-refractivity contribution is 7.99. The number of nitrogen functional groups attached to an aromatic ring is 1. The molecule has 4 N–H and O–H groups in total. The Morgan fingerprint density at radius 2 is 1.97 bits per heavy atom. The number of H-pyrrole nitrogens is 1. The molecule has 0 atom stereocenters. The van der Waals surface area contributed by atoms with Crippen molar-refractivity contribution in [2.24, 2.45) is 0 Å². The minimum atomic E-state index is -0.130. The number of carbonyl (C=O) groups excluding carboxylic acids is 1. The van der Waals surface area contributed by atoms with Crippen molar-refractivity contribution in [1.29, 1.82) is 0 Å². The third-order valence-corrected chi connectivity index (χ3v) is 6.34. The molecule has 0 aliphatic rings. The van der Waals surface area contributed by atoms with Crippen LogP contribution in [0.15, 0.2) is 53.7 Å². The van der Waals surface area contributed by atoms with Gasteiger partial charge in [-0.1, -0.05) is 43.8 Å². The molecule has 4 rings (SSSR count). The lowest BCUT2D eigenvalue weighted by Crippen LogP contribution is -2.18. The van der Waals surface area contributed by atoms with E-state index in [1.165, 1.54) is 16.4 Å². The van der Waals surface area contributed by atoms with Gasteiger partial charge in [-0.05, 0) is 54.3 Å². The number of hydrogen-bond donors (Lipinski definition) is 3. The molecule has 0 fully saturated rings. The molecule has 0 bridgehead atoms. The third kappa shape index (κ3) is 4.91. The highest BCUT2D eigenvalue weighted by Crippen LogP contribution is 2.29. The van der Waals surface area contributed by atoms with E-state index in [2.05, 4.69) is 39.6 Å². The topological polar surface area (TPSA) is 124 Å². The van der Waals surface area contributed by atoms with Gasteiger partial charge in [-0.25, -0.2) is 4.68 Å². The summed E-state index contributed by atoms with van der Waals surface area (Å²) in [6.07, 6.45) is 0. The van der Waals surface area contributed by atoms with Crippen LogP contribution in [0.1, 0.15) is 30.9 Å². The number of nitrogens with one attached hydrogen (secondary N) is 2. The minimum absolute atomic E-state index is 0.130. The fraction of sp³-hybridized carbons (Fsp3) is 0.250. The summed E-state index contributed by atoms with van der Waals surface area (Å²) in [7, 11) is 1.63. The summed E-state index contributed by atoms with van der Waals surface area (Å²) in [6.45, 7) is 6.20. The van der Waals surface area contributed by atoms with Crippen LogP contribution < -0.4 is 15.9 Å². The summed E-state index contributed by atoms with van der Waals surface area (Å²) in [4.78, 5) is 12.7. The van der Waals surface area contributed by atoms with E-state index in [1.54, 1.807) is 7.11 Å². The first-order chi connectivity index (χ1) is 16.4. The predicted molar refractivity (Wildman–Crippen MR) is 134 cm³/mol. The molecule has 0 saturated heterocycles. The van der Waals surface area contributed by atoms with Gasteiger partial charge in [0.1, 0.15) is 11.4 Å². The van der Waals surface area contributed by atoms with Crippen LogP contribution >= 0.6 is 11.8 Å². The van der Waals surface area contributed by atoms with Crippen molar-refractivity contribution >= 4 is 23.4 Å². The molecular weight excluding hydrogens is 450 g/mol. The van der Waals surface area contributed by atoms with Crippen molar-refractivity contribution in [3.05, 3.63) is 59.7 Å². The zero-order chi connectivity index (χ0) is 24.2. The lowest BCUT2D eigenvalue weighted by Gasteiger charge is -2.16. The number of carbonyl (C=O) groups is 1. The summed E-state index contributed by atoms with van der Waals surface area (Å²) in [5.74, 6) is 7.75. The number of benzene rings is 2. The van der Waals surface area contributed by atoms with Crippen molar-refractivity contribution < 1.29 is 9.53 Å². The summed E-state index contributed by atoms with van der Waals surface area (Å²) < 4.78 is 6.55. The van der Waals surface area contributed by atoms with E-state index in [0.29, 0.717) is 22.6 Å². The van der Waals surface area contributed by atoms with Gasteiger partial charge >= 0.3 is 0 Å². The maximum atomic E-state index is 12.7. The molecule has 1 amide bonds. The number of nitrogens with zero attached hydrogens (tertiary/aromatic N) is 4. The van der Waals surface area contributed by atoms with E-state index in [9.17, 15) is 4.79 Å². The molecule has 2 aromatic heterocycles. The fourth-order valence-corrected chi connectivity index (χ4v) is 4.21. The first-order valence-electron chi connectivity index (χ1n) is 10.8. The number of hydrogen-bond acceptors (Lipinski definition) is 7. The molecule has 2 aromatic carbocycles. The molecule has 0 aliphatic heterocycles. The smallest absolute Gasteiger partial charge is 0.234 e. The molecule has 9 nitrogen and oxygen atoms in total. The number of anilines is 1. The minimum Gasteiger partial charge on any atom is -0.497 e. The summed E-state index contributed by atoms with van der Waals surface area (Å²) in [5.41, 5.74) is 5.29. The highest BCUT2D eigenvalue weighted by atomic mass is 32.2. The van der Waals surface area contributed by atoms with Crippen molar-refractivity contribution in [2.45, 2.75) is 31.8 Å². The molecule has 0 unspecified atom stereocenters. The zero-order valence-electron chi connectivity index (χ0n) is 19.5. The van der Waals surface area contributed by atoms with Gasteiger partial charge in [-0.3, -0.25) is 9.89 Å². The molecule has 4 aromatic rings. The van der Waals surface area contributed by atoms with E-state index in [4.69, 9.17) is 10.6 Å². The van der Waals surface area contributed by atoms with Crippen LogP contribution in [0.2, 0.25) is 0 Å². The molecule has 34 heavy (non-hydrogen) atoms. The lowest BCUT2D eigenvalue weighted by molar-refractivity contribution is -0.113. The maximum absolute atomic E-state index is 12.7. The standard InChI is InChI=1S/C24H27N7O2S/c1-14(2)18-7-5-6-15(3)22(18)26-21(32)13-34-24-30-29-23(31(24)25)20-12-19(27-28-20)16-8-10-17(33-4)11-9-16/h5-12,14H,13,25H2,1-4H3,(H,26,32)(H,27,28). The lowest BCUT2D eigenvalue weighted by atomic mass is 9.98. The van der Waals surface area contributed by atoms with Crippen molar-refractivity contribution in [1.82, 2.24) is 25.1 Å². The van der Waals surface area contributed by atoms with E-state index in [-0.39, 0.29) is 11.7 Å². The Balaban J connectivity index is 1.44. The normalized spacial score (nSPS) is 11.1. The second-order valence-corrected chi connectivity index (χ2v) is 9.04. The number of amides is 1. The number of para-hydroxylation sites is 1. The zero-order valence-corrected chi connectivity index (χ0v) is 20.3. The molecule has 0 radical (unpaired) electrons. The Bertz CT molecular complexity index is 1300. The van der Waals surface area contributed by atoms with E-state index in [1.807, 2.05) is 55.5 Å². The second-order valence-electron chi connectivity index (χ2n) is 8.10. The quantitative estimate of drug-likeness (QED) is 0.256. The molecule has 2 heterocycles. The van der Waals surface area contributed by atoms with Crippen LogP contribution in [0.4, 0.5) is 5.69 Å². The van der Waals surface area contributed by atoms with E-state index < -0.39 is 0 Å². The molecule has 0 aliphatic carbocycles. The molecular formula is C24H27N7O2S. The van der Waals surface area contributed by atoms with Gasteiger partial charge in [0.15, 0.2) is 0 Å². The second kappa shape index (κ2) is 10.0. The molecule has 0 saturated carbocycles. The largest absolute Gasteiger partial charge is 0.497 e. The summed E-state index contributed by atoms with van der Waals surface area (Å²) in [6, 6.07) is 15.5. The van der Waals surface area contributed by atoms with Crippen LogP contribution in [0, 0.1) is 6.92 Å². The molecule has 176 valence electrons. The summed E-state index contributed by atoms with van der Waals surface area (Å²) >= 11 is 1.22. The number of rotatable bonds is 8. The van der Waals surface area contributed by atoms with Gasteiger partial charge in [0.25, 0.3) is 0 Å². The van der Waals surface area contributed by atoms with Gasteiger partial charge in [-0.2, -0.15) is 5.10 Å². The first kappa shape index (κ1) is 23.4. The number of nitrogens with two attached hydrogens (primary N) is 1. The predicted octanol–water partition coefficient (Wildman–Crippen LogP) is 4.22. The van der Waals surface area contributed by atoms with Crippen LogP contribution in [0.3, 0.4) is 0 Å². The van der Waals surface area contributed by atoms with Gasteiger partial charge < -0.3 is 15.9 Å². The van der Waals surface area contributed by atoms with Gasteiger partial charge in [-0.15, -0.1) is 10.2 Å². The number of aromatic amines is 1. The van der Waals surface area contributed by atoms with E-state index >= 15 is 0 Å². The Kier molecular flexibility index (Phi) is 6.87. The Hall–Kier alpha value is -3.79. The number of thioether (sulfide) groups is 1. The highest BCUT2D eigenvalue weighted by Gasteiger charge is 2.17. The van der Waals surface area contributed by atoms with Crippen molar-refractivity contribution in [3.63, 3.8) is 0 Å². The van der Waals surface area contributed by atoms with Gasteiger partial charge in [0, 0.05) is 11.3 Å². The first-order valence-corrected chi connectivity index (χ1v) is 11.8. The van der Waals surface area contributed by atoms with Crippen LogP contribution in [-0.2, 0) is 4.79 Å². The summed E-state index contributed by atoms with van der Waals surface area (Å²) in [5, 5.41) is 19.1. The van der Waals surface area contributed by atoms with Crippen molar-refractivity contribution in [2.75, 3.05) is 24.0 Å². The number of aromatic nitrogens is 5. The maximum Gasteiger partial charge on any atom is 0.234 e. The number of ether oxygens (including phenoxy) is 1. The molecule has 0 spiro atoms. The number of aryl methyl sites for hydroxylation is 1. The van der Waals surface area contributed by atoms with Crippen LogP contribution in [-0.4, -0.2) is 43.8 Å². The monoisotopic (exact) mass is 477 g/mol. The van der Waals surface area contributed by atoms with Crippen LogP contribution in [0.5, 0.6) is 5.75 Å². The number of methoxy groups -OCH3 is 1. The third-order valence-electron chi connectivity index (χ3n) is 5.39. The van der Waals surface area contributed by atoms with Crippen LogP contribution in [0.25, 0.3) is 22.8 Å². The van der Waals surface area contributed by atoms with Gasteiger partial charge in [0.2, 0.25) is 16.9 Å². The SMILES string of the molecule is COc1ccc(-c2cc(-c3nnc(SCC(=O)Nc4c(C)cccc4C(C)C)n3N)[nH]n2)cc1. The molecule has 10 heteroatoms. The Morgan fingerprint density at radius 1 is 1.21 bits per heavy atom. The average molecular weight is 478 g/mol. The van der Waals surface area contributed by atoms with E-state index in [0.717, 1.165) is 33.8 Å².